The second-order valence-corrected chi connectivity index (χ2v) is 12.2. The van der Waals surface area contributed by atoms with Crippen LogP contribution in [0.3, 0.4) is 0 Å². The molecule has 2 fully saturated rings. The fourth-order valence-corrected chi connectivity index (χ4v) is 7.69. The van der Waals surface area contributed by atoms with Crippen molar-refractivity contribution in [1.82, 2.24) is 14.9 Å². The summed E-state index contributed by atoms with van der Waals surface area (Å²) in [5.74, 6) is 0.946. The van der Waals surface area contributed by atoms with Crippen molar-refractivity contribution < 1.29 is 8.42 Å². The molecule has 3 atom stereocenters. The summed E-state index contributed by atoms with van der Waals surface area (Å²) in [4.78, 5) is 13.2. The summed E-state index contributed by atoms with van der Waals surface area (Å²) in [6, 6.07) is 12.5. The summed E-state index contributed by atoms with van der Waals surface area (Å²) < 4.78 is 25.5. The highest BCUT2D eigenvalue weighted by molar-refractivity contribution is 7.90. The monoisotopic (exact) mass is 502 g/mol. The Morgan fingerprint density at radius 2 is 1.88 bits per heavy atom. The highest BCUT2D eigenvalue weighted by Gasteiger charge is 2.44. The zero-order chi connectivity index (χ0) is 23.0. The van der Waals surface area contributed by atoms with Gasteiger partial charge in [0.25, 0.3) is 0 Å². The second kappa shape index (κ2) is 9.33. The number of halogens is 1. The number of likely N-dealkylation sites (tertiary alicyclic amines) is 1. The molecule has 1 saturated heterocycles. The van der Waals surface area contributed by atoms with E-state index in [9.17, 15) is 8.42 Å². The van der Waals surface area contributed by atoms with Crippen molar-refractivity contribution in [3.8, 4) is 0 Å². The molecule has 3 aromatic rings. The SMILES string of the molecule is CN(c1cnc(S(=O)(=O)Cc2cscn2)cc1Cl)C1[C@@H]2CC[C@H]1CN(Cc1ccccc1)C2. The first-order valence-electron chi connectivity index (χ1n) is 11.1. The van der Waals surface area contributed by atoms with Gasteiger partial charge in [0.1, 0.15) is 0 Å². The Morgan fingerprint density at radius 3 is 2.52 bits per heavy atom. The van der Waals surface area contributed by atoms with E-state index in [2.05, 4.69) is 57.1 Å². The van der Waals surface area contributed by atoms with Crippen molar-refractivity contribution in [3.63, 3.8) is 0 Å². The van der Waals surface area contributed by atoms with Crippen molar-refractivity contribution in [1.29, 1.82) is 0 Å². The Bertz CT molecular complexity index is 1190. The molecule has 5 rings (SSSR count). The minimum Gasteiger partial charge on any atom is -0.369 e. The zero-order valence-electron chi connectivity index (χ0n) is 18.5. The van der Waals surface area contributed by atoms with E-state index in [1.54, 1.807) is 17.1 Å². The number of sulfone groups is 1. The molecule has 33 heavy (non-hydrogen) atoms. The Morgan fingerprint density at radius 1 is 1.15 bits per heavy atom. The van der Waals surface area contributed by atoms with Gasteiger partial charge >= 0.3 is 0 Å². The van der Waals surface area contributed by atoms with Gasteiger partial charge in [-0.25, -0.2) is 18.4 Å². The number of thiazole rings is 1. The van der Waals surface area contributed by atoms with Crippen molar-refractivity contribution in [2.75, 3.05) is 25.0 Å². The van der Waals surface area contributed by atoms with Crippen LogP contribution in [0.1, 0.15) is 24.1 Å². The van der Waals surface area contributed by atoms with Crippen molar-refractivity contribution >= 4 is 38.5 Å². The van der Waals surface area contributed by atoms with Crippen LogP contribution in [0.25, 0.3) is 0 Å². The molecular weight excluding hydrogens is 476 g/mol. The third-order valence-electron chi connectivity index (χ3n) is 6.88. The Kier molecular flexibility index (Phi) is 6.44. The van der Waals surface area contributed by atoms with Gasteiger partial charge in [0.15, 0.2) is 5.03 Å². The first-order valence-corrected chi connectivity index (χ1v) is 14.1. The number of piperidine rings is 1. The van der Waals surface area contributed by atoms with E-state index in [1.807, 2.05) is 0 Å². The van der Waals surface area contributed by atoms with Gasteiger partial charge in [0.2, 0.25) is 9.84 Å². The van der Waals surface area contributed by atoms with E-state index in [-0.39, 0.29) is 10.8 Å². The molecule has 0 N–H and O–H groups in total. The molecule has 1 aliphatic carbocycles. The standard InChI is InChI=1S/C24H27ClN4O2S2/c1-28(22-10-26-23(9-21(22)25)33(30,31)15-20-14-32-16-27-20)24-18-7-8-19(24)13-29(12-18)11-17-5-3-2-4-6-17/h2-6,9-10,14,16,18-19,24H,7-8,11-13,15H2,1H3/t18-,19+,24?. The minimum absolute atomic E-state index is 0.00157. The maximum absolute atomic E-state index is 12.8. The lowest BCUT2D eigenvalue weighted by Gasteiger charge is -2.43. The largest absolute Gasteiger partial charge is 0.369 e. The van der Waals surface area contributed by atoms with E-state index in [0.717, 1.165) is 25.3 Å². The highest BCUT2D eigenvalue weighted by Crippen LogP contribution is 2.42. The van der Waals surface area contributed by atoms with Crippen LogP contribution in [-0.2, 0) is 22.1 Å². The fraction of sp³-hybridized carbons (Fsp3) is 0.417. The molecule has 1 aliphatic heterocycles. The molecule has 0 amide bonds. The molecule has 2 bridgehead atoms. The maximum atomic E-state index is 12.8. The van der Waals surface area contributed by atoms with E-state index in [4.69, 9.17) is 11.6 Å². The van der Waals surface area contributed by atoms with Gasteiger partial charge in [-0.1, -0.05) is 41.9 Å². The molecular formula is C24H27ClN4O2S2. The van der Waals surface area contributed by atoms with Gasteiger partial charge in [0, 0.05) is 38.1 Å². The topological polar surface area (TPSA) is 66.4 Å². The van der Waals surface area contributed by atoms with Crippen LogP contribution in [0.15, 0.2) is 58.5 Å². The number of anilines is 1. The molecule has 1 aromatic carbocycles. The molecule has 2 aliphatic rings. The third kappa shape index (κ3) is 4.80. The number of rotatable bonds is 7. The van der Waals surface area contributed by atoms with Crippen LogP contribution in [0.4, 0.5) is 5.69 Å². The Balaban J connectivity index is 1.30. The fourth-order valence-electron chi connectivity index (χ4n) is 5.47. The lowest BCUT2D eigenvalue weighted by atomic mass is 9.90. The highest BCUT2D eigenvalue weighted by atomic mass is 35.5. The molecule has 3 heterocycles. The number of nitrogens with zero attached hydrogens (tertiary/aromatic N) is 4. The normalized spacial score (nSPS) is 23.0. The summed E-state index contributed by atoms with van der Waals surface area (Å²) in [6.07, 6.45) is 4.03. The molecule has 0 spiro atoms. The smallest absolute Gasteiger partial charge is 0.201 e. The summed E-state index contributed by atoms with van der Waals surface area (Å²) in [5.41, 5.74) is 4.30. The molecule has 1 saturated carbocycles. The number of pyridine rings is 1. The van der Waals surface area contributed by atoms with Crippen LogP contribution in [0.2, 0.25) is 5.02 Å². The Labute approximate surface area is 204 Å². The number of aromatic nitrogens is 2. The molecule has 1 unspecified atom stereocenters. The van der Waals surface area contributed by atoms with E-state index in [0.29, 0.717) is 28.6 Å². The number of benzene rings is 1. The van der Waals surface area contributed by atoms with Crippen molar-refractivity contribution in [2.45, 2.75) is 36.2 Å². The average Bonchev–Trinajstić information content (AvgIpc) is 3.39. The van der Waals surface area contributed by atoms with Gasteiger partial charge < -0.3 is 4.90 Å². The summed E-state index contributed by atoms with van der Waals surface area (Å²) >= 11 is 7.99. The predicted molar refractivity (Wildman–Crippen MR) is 132 cm³/mol. The van der Waals surface area contributed by atoms with Gasteiger partial charge in [-0.15, -0.1) is 11.3 Å². The lowest BCUT2D eigenvalue weighted by Crippen LogP contribution is -2.51. The minimum atomic E-state index is -3.60. The molecule has 0 radical (unpaired) electrons. The lowest BCUT2D eigenvalue weighted by molar-refractivity contribution is 0.138. The molecule has 6 nitrogen and oxygen atoms in total. The number of hydrogen-bond acceptors (Lipinski definition) is 7. The van der Waals surface area contributed by atoms with Crippen molar-refractivity contribution in [2.24, 2.45) is 11.8 Å². The van der Waals surface area contributed by atoms with Gasteiger partial charge in [-0.05, 0) is 36.3 Å². The zero-order valence-corrected chi connectivity index (χ0v) is 20.9. The first-order chi connectivity index (χ1) is 15.9. The molecule has 2 aromatic heterocycles. The van der Waals surface area contributed by atoms with Crippen LogP contribution < -0.4 is 4.90 Å². The van der Waals surface area contributed by atoms with Gasteiger partial charge in [-0.2, -0.15) is 0 Å². The van der Waals surface area contributed by atoms with Gasteiger partial charge in [-0.3, -0.25) is 4.90 Å². The Hall–Kier alpha value is -2.00. The number of fused-ring (bicyclic) bond motifs is 2. The van der Waals surface area contributed by atoms with E-state index in [1.165, 1.54) is 35.8 Å². The third-order valence-corrected chi connectivity index (χ3v) is 9.36. The average molecular weight is 503 g/mol. The van der Waals surface area contributed by atoms with Crippen LogP contribution in [-0.4, -0.2) is 49.5 Å². The van der Waals surface area contributed by atoms with Crippen LogP contribution in [0.5, 0.6) is 0 Å². The van der Waals surface area contributed by atoms with Crippen molar-refractivity contribution in [3.05, 3.63) is 69.8 Å². The van der Waals surface area contributed by atoms with E-state index < -0.39 is 9.84 Å². The maximum Gasteiger partial charge on any atom is 0.201 e. The predicted octanol–water partition coefficient (Wildman–Crippen LogP) is 4.51. The van der Waals surface area contributed by atoms with Crippen LogP contribution in [0, 0.1) is 11.8 Å². The van der Waals surface area contributed by atoms with Crippen LogP contribution >= 0.6 is 22.9 Å². The molecule has 174 valence electrons. The van der Waals surface area contributed by atoms with E-state index >= 15 is 0 Å². The summed E-state index contributed by atoms with van der Waals surface area (Å²) in [6.45, 7) is 3.11. The van der Waals surface area contributed by atoms with Gasteiger partial charge in [0.05, 0.1) is 33.9 Å². The number of hydrogen-bond donors (Lipinski definition) is 0. The summed E-state index contributed by atoms with van der Waals surface area (Å²) in [7, 11) is -1.53. The first kappa shape index (κ1) is 22.8. The quantitative estimate of drug-likeness (QED) is 0.473. The molecule has 9 heteroatoms. The second-order valence-electron chi connectivity index (χ2n) is 9.09. The summed E-state index contributed by atoms with van der Waals surface area (Å²) in [5, 5.41) is 2.16.